The lowest BCUT2D eigenvalue weighted by Gasteiger charge is -2.25. The van der Waals surface area contributed by atoms with Crippen LogP contribution in [0, 0.1) is 6.92 Å². The SMILES string of the molecule is Cc1nc(CN2C(=O)C[C@H]3[C@H]2CCN3C(=O)c2ccnnc2)cs1. The minimum Gasteiger partial charge on any atom is -0.333 e. The van der Waals surface area contributed by atoms with Crippen LogP contribution in [0.3, 0.4) is 0 Å². The Hall–Kier alpha value is -2.35. The molecular weight excluding hydrogens is 326 g/mol. The van der Waals surface area contributed by atoms with E-state index in [4.69, 9.17) is 0 Å². The van der Waals surface area contributed by atoms with Crippen LogP contribution in [-0.4, -0.2) is 55.4 Å². The molecule has 0 unspecified atom stereocenters. The largest absolute Gasteiger partial charge is 0.333 e. The topological polar surface area (TPSA) is 79.3 Å². The van der Waals surface area contributed by atoms with Gasteiger partial charge in [-0.05, 0) is 19.4 Å². The second-order valence-corrected chi connectivity index (χ2v) is 7.20. The number of likely N-dealkylation sites (tertiary alicyclic amines) is 2. The van der Waals surface area contributed by atoms with Gasteiger partial charge in [0.2, 0.25) is 5.91 Å². The first kappa shape index (κ1) is 15.2. The summed E-state index contributed by atoms with van der Waals surface area (Å²) < 4.78 is 0. The van der Waals surface area contributed by atoms with Crippen molar-refractivity contribution in [1.29, 1.82) is 0 Å². The highest BCUT2D eigenvalue weighted by Crippen LogP contribution is 2.34. The molecule has 7 nitrogen and oxygen atoms in total. The molecule has 8 heteroatoms. The first-order chi connectivity index (χ1) is 11.6. The van der Waals surface area contributed by atoms with Crippen LogP contribution >= 0.6 is 11.3 Å². The second kappa shape index (κ2) is 5.94. The second-order valence-electron chi connectivity index (χ2n) is 6.14. The summed E-state index contributed by atoms with van der Waals surface area (Å²) in [5, 5.41) is 10.5. The number of fused-ring (bicyclic) bond motifs is 1. The van der Waals surface area contributed by atoms with Crippen molar-refractivity contribution >= 4 is 23.2 Å². The van der Waals surface area contributed by atoms with Gasteiger partial charge in [-0.25, -0.2) is 4.98 Å². The van der Waals surface area contributed by atoms with Crippen molar-refractivity contribution < 1.29 is 9.59 Å². The van der Waals surface area contributed by atoms with Gasteiger partial charge in [0.05, 0.1) is 47.3 Å². The van der Waals surface area contributed by atoms with Crippen molar-refractivity contribution in [3.63, 3.8) is 0 Å². The molecule has 0 radical (unpaired) electrons. The van der Waals surface area contributed by atoms with E-state index in [0.29, 0.717) is 25.1 Å². The summed E-state index contributed by atoms with van der Waals surface area (Å²) in [5.74, 6) is 0.0255. The molecule has 2 aromatic heterocycles. The number of thiazole rings is 1. The van der Waals surface area contributed by atoms with Crippen LogP contribution in [-0.2, 0) is 11.3 Å². The number of carbonyl (C=O) groups excluding carboxylic acids is 2. The molecule has 2 saturated heterocycles. The molecule has 2 fully saturated rings. The lowest BCUT2D eigenvalue weighted by Crippen LogP contribution is -2.39. The highest BCUT2D eigenvalue weighted by Gasteiger charge is 2.48. The summed E-state index contributed by atoms with van der Waals surface area (Å²) >= 11 is 1.59. The van der Waals surface area contributed by atoms with Crippen LogP contribution in [0.1, 0.15) is 33.9 Å². The fraction of sp³-hybridized carbons (Fsp3) is 0.438. The summed E-state index contributed by atoms with van der Waals surface area (Å²) in [6.45, 7) is 3.15. The van der Waals surface area contributed by atoms with E-state index < -0.39 is 0 Å². The maximum atomic E-state index is 12.7. The molecule has 2 aliphatic heterocycles. The Labute approximate surface area is 143 Å². The van der Waals surface area contributed by atoms with Crippen LogP contribution in [0.2, 0.25) is 0 Å². The van der Waals surface area contributed by atoms with Crippen LogP contribution in [0.25, 0.3) is 0 Å². The standard InChI is InChI=1S/C16H17N5O2S/c1-10-19-12(9-24-10)8-21-13-3-5-20(14(13)6-15(21)22)16(23)11-2-4-17-18-7-11/h2,4,7,9,13-14H,3,5-6,8H2,1H3/t13-,14+/m1/s1. The summed E-state index contributed by atoms with van der Waals surface area (Å²) in [7, 11) is 0. The Kier molecular flexibility index (Phi) is 3.76. The molecule has 2 aromatic rings. The average Bonchev–Trinajstić information content (AvgIpc) is 3.26. The smallest absolute Gasteiger partial charge is 0.255 e. The van der Waals surface area contributed by atoms with E-state index in [-0.39, 0.29) is 23.9 Å². The third-order valence-corrected chi connectivity index (χ3v) is 5.53. The molecule has 124 valence electrons. The zero-order chi connectivity index (χ0) is 16.7. The Morgan fingerprint density at radius 1 is 1.38 bits per heavy atom. The van der Waals surface area contributed by atoms with Gasteiger partial charge in [-0.3, -0.25) is 9.59 Å². The molecule has 0 aliphatic carbocycles. The number of hydrogen-bond acceptors (Lipinski definition) is 6. The molecule has 2 atom stereocenters. The summed E-state index contributed by atoms with van der Waals surface area (Å²) in [5.41, 5.74) is 1.45. The number of nitrogens with zero attached hydrogens (tertiary/aromatic N) is 5. The fourth-order valence-corrected chi connectivity index (χ4v) is 4.23. The molecule has 24 heavy (non-hydrogen) atoms. The molecule has 2 amide bonds. The van der Waals surface area contributed by atoms with Crippen LogP contribution in [0.5, 0.6) is 0 Å². The molecule has 0 saturated carbocycles. The zero-order valence-electron chi connectivity index (χ0n) is 13.3. The van der Waals surface area contributed by atoms with Gasteiger partial charge in [0, 0.05) is 18.3 Å². The maximum absolute atomic E-state index is 12.7. The van der Waals surface area contributed by atoms with Gasteiger partial charge in [-0.1, -0.05) is 0 Å². The quantitative estimate of drug-likeness (QED) is 0.838. The maximum Gasteiger partial charge on any atom is 0.255 e. The number of carbonyl (C=O) groups is 2. The Morgan fingerprint density at radius 2 is 2.25 bits per heavy atom. The van der Waals surface area contributed by atoms with Crippen molar-refractivity contribution in [2.45, 2.75) is 38.4 Å². The lowest BCUT2D eigenvalue weighted by atomic mass is 10.1. The summed E-state index contributed by atoms with van der Waals surface area (Å²) in [6, 6.07) is 1.69. The van der Waals surface area contributed by atoms with Gasteiger partial charge in [-0.15, -0.1) is 11.3 Å². The van der Waals surface area contributed by atoms with E-state index in [2.05, 4.69) is 15.2 Å². The van der Waals surface area contributed by atoms with Gasteiger partial charge in [0.1, 0.15) is 0 Å². The lowest BCUT2D eigenvalue weighted by molar-refractivity contribution is -0.129. The van der Waals surface area contributed by atoms with E-state index >= 15 is 0 Å². The third-order valence-electron chi connectivity index (χ3n) is 4.71. The van der Waals surface area contributed by atoms with Crippen molar-refractivity contribution in [2.24, 2.45) is 0 Å². The molecule has 4 rings (SSSR count). The zero-order valence-corrected chi connectivity index (χ0v) is 14.1. The van der Waals surface area contributed by atoms with Gasteiger partial charge < -0.3 is 9.80 Å². The Balaban J connectivity index is 1.52. The molecule has 0 bridgehead atoms. The van der Waals surface area contributed by atoms with Gasteiger partial charge in [0.15, 0.2) is 0 Å². The molecule has 0 spiro atoms. The molecule has 0 N–H and O–H groups in total. The highest BCUT2D eigenvalue weighted by molar-refractivity contribution is 7.09. The van der Waals surface area contributed by atoms with E-state index in [9.17, 15) is 9.59 Å². The van der Waals surface area contributed by atoms with E-state index in [1.165, 1.54) is 12.4 Å². The van der Waals surface area contributed by atoms with E-state index in [1.54, 1.807) is 17.4 Å². The number of aromatic nitrogens is 3. The monoisotopic (exact) mass is 343 g/mol. The minimum absolute atomic E-state index is 0.0575. The van der Waals surface area contributed by atoms with Gasteiger partial charge in [-0.2, -0.15) is 10.2 Å². The highest BCUT2D eigenvalue weighted by atomic mass is 32.1. The molecule has 4 heterocycles. The van der Waals surface area contributed by atoms with Crippen molar-refractivity contribution in [3.8, 4) is 0 Å². The summed E-state index contributed by atoms with van der Waals surface area (Å²) in [4.78, 5) is 33.3. The Morgan fingerprint density at radius 3 is 2.96 bits per heavy atom. The van der Waals surface area contributed by atoms with Gasteiger partial charge in [0.25, 0.3) is 5.91 Å². The predicted molar refractivity (Wildman–Crippen MR) is 87.3 cm³/mol. The first-order valence-electron chi connectivity index (χ1n) is 7.91. The van der Waals surface area contributed by atoms with Crippen LogP contribution < -0.4 is 0 Å². The number of aryl methyl sites for hydroxylation is 1. The molecular formula is C16H17N5O2S. The normalized spacial score (nSPS) is 23.0. The first-order valence-corrected chi connectivity index (χ1v) is 8.79. The average molecular weight is 343 g/mol. The number of amides is 2. The third kappa shape index (κ3) is 2.56. The minimum atomic E-state index is -0.0726. The van der Waals surface area contributed by atoms with Crippen molar-refractivity contribution in [2.75, 3.05) is 6.54 Å². The summed E-state index contributed by atoms with van der Waals surface area (Å²) in [6.07, 6.45) is 4.18. The fourth-order valence-electron chi connectivity index (χ4n) is 3.62. The van der Waals surface area contributed by atoms with E-state index in [0.717, 1.165) is 17.1 Å². The van der Waals surface area contributed by atoms with Crippen molar-refractivity contribution in [1.82, 2.24) is 25.0 Å². The van der Waals surface area contributed by atoms with Crippen LogP contribution in [0.15, 0.2) is 23.8 Å². The molecule has 0 aromatic carbocycles. The molecule has 2 aliphatic rings. The number of rotatable bonds is 3. The van der Waals surface area contributed by atoms with E-state index in [1.807, 2.05) is 22.1 Å². The van der Waals surface area contributed by atoms with Crippen molar-refractivity contribution in [3.05, 3.63) is 40.1 Å². The predicted octanol–water partition coefficient (Wildman–Crippen LogP) is 1.26. The van der Waals surface area contributed by atoms with Crippen LogP contribution in [0.4, 0.5) is 0 Å². The van der Waals surface area contributed by atoms with Gasteiger partial charge >= 0.3 is 0 Å². The Bertz CT molecular complexity index is 778. The number of hydrogen-bond donors (Lipinski definition) is 0.